The highest BCUT2D eigenvalue weighted by Crippen LogP contribution is 2.22. The SMILES string of the molecule is Cc1cccc(N)c1NC(=O)CN(C)C1CCS(=O)(=O)C1. The third-order valence-corrected chi connectivity index (χ3v) is 5.54. The lowest BCUT2D eigenvalue weighted by Crippen LogP contribution is -2.38. The van der Waals surface area contributed by atoms with Crippen molar-refractivity contribution < 1.29 is 13.2 Å². The molecule has 1 unspecified atom stereocenters. The van der Waals surface area contributed by atoms with Gasteiger partial charge in [-0.3, -0.25) is 9.69 Å². The van der Waals surface area contributed by atoms with Gasteiger partial charge in [0.05, 0.1) is 29.4 Å². The summed E-state index contributed by atoms with van der Waals surface area (Å²) in [5.74, 6) is 0.139. The lowest BCUT2D eigenvalue weighted by atomic mass is 10.1. The average Bonchev–Trinajstić information content (AvgIpc) is 2.74. The topological polar surface area (TPSA) is 92.5 Å². The summed E-state index contributed by atoms with van der Waals surface area (Å²) < 4.78 is 22.9. The van der Waals surface area contributed by atoms with Crippen molar-refractivity contribution in [3.63, 3.8) is 0 Å². The second-order valence-corrected chi connectivity index (χ2v) is 7.79. The molecule has 1 aromatic rings. The molecule has 0 bridgehead atoms. The van der Waals surface area contributed by atoms with E-state index in [4.69, 9.17) is 5.73 Å². The molecule has 1 aliphatic heterocycles. The summed E-state index contributed by atoms with van der Waals surface area (Å²) in [4.78, 5) is 13.9. The van der Waals surface area contributed by atoms with Gasteiger partial charge in [-0.2, -0.15) is 0 Å². The van der Waals surface area contributed by atoms with Crippen molar-refractivity contribution in [1.82, 2.24) is 4.90 Å². The van der Waals surface area contributed by atoms with E-state index < -0.39 is 9.84 Å². The molecule has 3 N–H and O–H groups in total. The van der Waals surface area contributed by atoms with E-state index >= 15 is 0 Å². The van der Waals surface area contributed by atoms with Crippen LogP contribution in [0.3, 0.4) is 0 Å². The van der Waals surface area contributed by atoms with Crippen molar-refractivity contribution in [3.8, 4) is 0 Å². The maximum Gasteiger partial charge on any atom is 0.238 e. The van der Waals surface area contributed by atoms with Crippen LogP contribution in [0.2, 0.25) is 0 Å². The van der Waals surface area contributed by atoms with E-state index in [1.165, 1.54) is 0 Å². The molecule has 0 aromatic heterocycles. The monoisotopic (exact) mass is 311 g/mol. The number of nitrogens with two attached hydrogens (primary N) is 1. The Morgan fingerprint density at radius 3 is 2.76 bits per heavy atom. The molecule has 21 heavy (non-hydrogen) atoms. The number of aryl methyl sites for hydroxylation is 1. The van der Waals surface area contributed by atoms with Crippen molar-refractivity contribution in [2.24, 2.45) is 0 Å². The Morgan fingerprint density at radius 2 is 2.19 bits per heavy atom. The maximum absolute atomic E-state index is 12.1. The van der Waals surface area contributed by atoms with Crippen LogP contribution in [-0.2, 0) is 14.6 Å². The number of amides is 1. The number of para-hydroxylation sites is 1. The van der Waals surface area contributed by atoms with Crippen LogP contribution in [-0.4, -0.2) is 50.4 Å². The first-order chi connectivity index (χ1) is 9.78. The molecule has 2 rings (SSSR count). The van der Waals surface area contributed by atoms with Gasteiger partial charge in [-0.1, -0.05) is 12.1 Å². The summed E-state index contributed by atoms with van der Waals surface area (Å²) in [6.45, 7) is 2.02. The van der Waals surface area contributed by atoms with Gasteiger partial charge in [0.1, 0.15) is 0 Å². The number of rotatable bonds is 4. The van der Waals surface area contributed by atoms with Crippen LogP contribution in [0.5, 0.6) is 0 Å². The van der Waals surface area contributed by atoms with E-state index in [9.17, 15) is 13.2 Å². The third kappa shape index (κ3) is 3.95. The minimum atomic E-state index is -2.94. The van der Waals surface area contributed by atoms with Crippen LogP contribution in [0.15, 0.2) is 18.2 Å². The predicted molar refractivity (Wildman–Crippen MR) is 83.9 cm³/mol. The molecule has 7 heteroatoms. The quantitative estimate of drug-likeness (QED) is 0.796. The maximum atomic E-state index is 12.1. The minimum Gasteiger partial charge on any atom is -0.397 e. The van der Waals surface area contributed by atoms with E-state index in [2.05, 4.69) is 5.32 Å². The number of carbonyl (C=O) groups excluding carboxylic acids is 1. The number of sulfone groups is 1. The van der Waals surface area contributed by atoms with Crippen molar-refractivity contribution >= 4 is 27.1 Å². The number of hydrogen-bond donors (Lipinski definition) is 2. The number of nitrogens with zero attached hydrogens (tertiary/aromatic N) is 1. The number of carbonyl (C=O) groups is 1. The number of benzene rings is 1. The standard InChI is InChI=1S/C14H21N3O3S/c1-10-4-3-5-12(15)14(10)16-13(18)8-17(2)11-6-7-21(19,20)9-11/h3-5,11H,6-9,15H2,1-2H3,(H,16,18). The fraction of sp³-hybridized carbons (Fsp3) is 0.500. The van der Waals surface area contributed by atoms with E-state index in [1.54, 1.807) is 18.0 Å². The first kappa shape index (κ1) is 15.8. The Hall–Kier alpha value is -1.60. The Kier molecular flexibility index (Phi) is 4.53. The van der Waals surface area contributed by atoms with Crippen molar-refractivity contribution in [1.29, 1.82) is 0 Å². The molecule has 1 saturated heterocycles. The molecule has 0 saturated carbocycles. The van der Waals surface area contributed by atoms with Gasteiger partial charge in [-0.05, 0) is 32.0 Å². The molecule has 1 aromatic carbocycles. The summed E-state index contributed by atoms with van der Waals surface area (Å²) >= 11 is 0. The molecule has 6 nitrogen and oxygen atoms in total. The number of hydrogen-bond acceptors (Lipinski definition) is 5. The second kappa shape index (κ2) is 6.03. The Morgan fingerprint density at radius 1 is 1.48 bits per heavy atom. The highest BCUT2D eigenvalue weighted by atomic mass is 32.2. The van der Waals surface area contributed by atoms with Gasteiger partial charge < -0.3 is 11.1 Å². The average molecular weight is 311 g/mol. The minimum absolute atomic E-state index is 0.0880. The molecule has 1 amide bonds. The van der Waals surface area contributed by atoms with Crippen LogP contribution < -0.4 is 11.1 Å². The number of nitrogens with one attached hydrogen (secondary N) is 1. The van der Waals surface area contributed by atoms with Gasteiger partial charge in [-0.15, -0.1) is 0 Å². The van der Waals surface area contributed by atoms with Crippen LogP contribution in [0.25, 0.3) is 0 Å². The zero-order valence-electron chi connectivity index (χ0n) is 12.3. The first-order valence-corrected chi connectivity index (χ1v) is 8.66. The largest absolute Gasteiger partial charge is 0.397 e. The van der Waals surface area contributed by atoms with E-state index in [1.807, 2.05) is 19.1 Å². The zero-order valence-corrected chi connectivity index (χ0v) is 13.1. The van der Waals surface area contributed by atoms with E-state index in [0.29, 0.717) is 17.8 Å². The van der Waals surface area contributed by atoms with Gasteiger partial charge in [0.25, 0.3) is 0 Å². The van der Waals surface area contributed by atoms with Gasteiger partial charge in [0, 0.05) is 6.04 Å². The smallest absolute Gasteiger partial charge is 0.238 e. The predicted octanol–water partition coefficient (Wildman–Crippen LogP) is 0.635. The normalized spacial score (nSPS) is 20.6. The van der Waals surface area contributed by atoms with E-state index in [0.717, 1.165) is 5.56 Å². The second-order valence-electron chi connectivity index (χ2n) is 5.56. The molecule has 0 radical (unpaired) electrons. The molecule has 1 atom stereocenters. The van der Waals surface area contributed by atoms with Gasteiger partial charge >= 0.3 is 0 Å². The molecule has 0 aliphatic carbocycles. The molecule has 1 aliphatic rings. The number of anilines is 2. The fourth-order valence-corrected chi connectivity index (χ4v) is 4.32. The summed E-state index contributed by atoms with van der Waals surface area (Å²) in [6, 6.07) is 5.35. The molecular formula is C14H21N3O3S. The summed E-state index contributed by atoms with van der Waals surface area (Å²) in [6.07, 6.45) is 0.582. The molecule has 1 fully saturated rings. The van der Waals surface area contributed by atoms with Gasteiger partial charge in [0.2, 0.25) is 5.91 Å². The van der Waals surface area contributed by atoms with Crippen LogP contribution in [0.4, 0.5) is 11.4 Å². The summed E-state index contributed by atoms with van der Waals surface area (Å²) in [5.41, 5.74) is 7.89. The fourth-order valence-electron chi connectivity index (χ4n) is 2.52. The highest BCUT2D eigenvalue weighted by molar-refractivity contribution is 7.91. The number of likely N-dealkylation sites (N-methyl/N-ethyl adjacent to an activating group) is 1. The molecule has 116 valence electrons. The third-order valence-electron chi connectivity index (χ3n) is 3.79. The summed E-state index contributed by atoms with van der Waals surface area (Å²) in [5, 5.41) is 2.80. The lowest BCUT2D eigenvalue weighted by molar-refractivity contribution is -0.117. The highest BCUT2D eigenvalue weighted by Gasteiger charge is 2.31. The zero-order chi connectivity index (χ0) is 15.6. The first-order valence-electron chi connectivity index (χ1n) is 6.84. The summed E-state index contributed by atoms with van der Waals surface area (Å²) in [7, 11) is -1.17. The number of nitrogen functional groups attached to an aromatic ring is 1. The Balaban J connectivity index is 1.96. The van der Waals surface area contributed by atoms with Crippen molar-refractivity contribution in [2.75, 3.05) is 36.1 Å². The van der Waals surface area contributed by atoms with Crippen molar-refractivity contribution in [2.45, 2.75) is 19.4 Å². The van der Waals surface area contributed by atoms with Gasteiger partial charge in [-0.25, -0.2) is 8.42 Å². The van der Waals surface area contributed by atoms with Crippen LogP contribution in [0, 0.1) is 6.92 Å². The Labute approximate surface area is 125 Å². The van der Waals surface area contributed by atoms with Crippen LogP contribution >= 0.6 is 0 Å². The molecular weight excluding hydrogens is 290 g/mol. The van der Waals surface area contributed by atoms with Crippen molar-refractivity contribution in [3.05, 3.63) is 23.8 Å². The Bertz CT molecular complexity index is 623. The van der Waals surface area contributed by atoms with Crippen LogP contribution in [0.1, 0.15) is 12.0 Å². The van der Waals surface area contributed by atoms with E-state index in [-0.39, 0.29) is 30.0 Å². The molecule has 1 heterocycles. The lowest BCUT2D eigenvalue weighted by Gasteiger charge is -2.22. The molecule has 0 spiro atoms. The van der Waals surface area contributed by atoms with Gasteiger partial charge in [0.15, 0.2) is 9.84 Å².